The van der Waals surface area contributed by atoms with Crippen LogP contribution in [0, 0.1) is 5.92 Å². The van der Waals surface area contributed by atoms with Crippen LogP contribution < -0.4 is 10.5 Å². The predicted octanol–water partition coefficient (Wildman–Crippen LogP) is 4.07. The molecule has 1 spiro atoms. The Morgan fingerprint density at radius 2 is 2.22 bits per heavy atom. The molecule has 0 bridgehead atoms. The molecule has 0 saturated heterocycles. The van der Waals surface area contributed by atoms with Crippen LogP contribution in [0.25, 0.3) is 0 Å². The number of benzene rings is 1. The summed E-state index contributed by atoms with van der Waals surface area (Å²) in [5.74, 6) is 1.52. The van der Waals surface area contributed by atoms with E-state index >= 15 is 0 Å². The molecule has 1 aliphatic heterocycles. The Labute approximate surface area is 113 Å². The van der Waals surface area contributed by atoms with Gasteiger partial charge in [-0.2, -0.15) is 0 Å². The maximum atomic E-state index is 6.36. The summed E-state index contributed by atoms with van der Waals surface area (Å²) in [6.07, 6.45) is 5.86. The van der Waals surface area contributed by atoms with E-state index in [2.05, 4.69) is 6.92 Å². The molecule has 2 N–H and O–H groups in total. The lowest BCUT2D eigenvalue weighted by atomic mass is 9.71. The molecule has 2 unspecified atom stereocenters. The molecular formula is C15H20ClNO. The van der Waals surface area contributed by atoms with Gasteiger partial charge in [0, 0.05) is 23.0 Å². The minimum absolute atomic E-state index is 0.0432. The summed E-state index contributed by atoms with van der Waals surface area (Å²) in [4.78, 5) is 0. The van der Waals surface area contributed by atoms with Gasteiger partial charge >= 0.3 is 0 Å². The standard InChI is InChI=1S/C15H20ClNO/c1-10-4-2-3-7-15(10)9-13(17)12-8-11(16)5-6-14(12)18-15/h5-6,8,10,13H,2-4,7,9,17H2,1H3/t10?,13-,15?/m0/s1. The fourth-order valence-corrected chi connectivity index (χ4v) is 3.66. The van der Waals surface area contributed by atoms with Gasteiger partial charge in [0.05, 0.1) is 0 Å². The molecule has 3 atom stereocenters. The first-order valence-corrected chi connectivity index (χ1v) is 7.22. The second kappa shape index (κ2) is 4.43. The number of ether oxygens (including phenoxy) is 1. The van der Waals surface area contributed by atoms with Crippen molar-refractivity contribution in [1.29, 1.82) is 0 Å². The van der Waals surface area contributed by atoms with E-state index < -0.39 is 0 Å². The lowest BCUT2D eigenvalue weighted by molar-refractivity contribution is -0.0407. The second-order valence-electron chi connectivity index (χ2n) is 5.81. The molecule has 1 fully saturated rings. The average molecular weight is 266 g/mol. The van der Waals surface area contributed by atoms with Crippen LogP contribution in [0.3, 0.4) is 0 Å². The minimum Gasteiger partial charge on any atom is -0.487 e. The van der Waals surface area contributed by atoms with Crippen molar-refractivity contribution in [3.8, 4) is 5.75 Å². The topological polar surface area (TPSA) is 35.2 Å². The first kappa shape index (κ1) is 12.3. The summed E-state index contributed by atoms with van der Waals surface area (Å²) in [6.45, 7) is 2.30. The van der Waals surface area contributed by atoms with Crippen molar-refractivity contribution >= 4 is 11.6 Å². The van der Waals surface area contributed by atoms with Gasteiger partial charge in [0.2, 0.25) is 0 Å². The van der Waals surface area contributed by atoms with E-state index in [1.165, 1.54) is 19.3 Å². The number of rotatable bonds is 0. The van der Waals surface area contributed by atoms with E-state index in [0.717, 1.165) is 29.2 Å². The maximum Gasteiger partial charge on any atom is 0.125 e. The third-order valence-electron chi connectivity index (χ3n) is 4.64. The Hall–Kier alpha value is -0.730. The molecule has 1 aromatic rings. The number of nitrogens with two attached hydrogens (primary N) is 1. The monoisotopic (exact) mass is 265 g/mol. The fourth-order valence-electron chi connectivity index (χ4n) is 3.48. The molecule has 3 heteroatoms. The zero-order chi connectivity index (χ0) is 12.8. The molecule has 2 nitrogen and oxygen atoms in total. The number of fused-ring (bicyclic) bond motifs is 1. The minimum atomic E-state index is -0.0432. The summed E-state index contributed by atoms with van der Waals surface area (Å²) in [7, 11) is 0. The van der Waals surface area contributed by atoms with Crippen LogP contribution >= 0.6 is 11.6 Å². The number of halogens is 1. The van der Waals surface area contributed by atoms with Gasteiger partial charge in [-0.05, 0) is 43.4 Å². The Kier molecular flexibility index (Phi) is 3.03. The summed E-state index contributed by atoms with van der Waals surface area (Å²) in [5.41, 5.74) is 7.36. The summed E-state index contributed by atoms with van der Waals surface area (Å²) < 4.78 is 6.36. The van der Waals surface area contributed by atoms with E-state index in [1.807, 2.05) is 18.2 Å². The summed E-state index contributed by atoms with van der Waals surface area (Å²) in [5, 5.41) is 0.737. The zero-order valence-corrected chi connectivity index (χ0v) is 11.5. The van der Waals surface area contributed by atoms with Crippen LogP contribution in [0.1, 0.15) is 50.6 Å². The first-order valence-electron chi connectivity index (χ1n) is 6.85. The van der Waals surface area contributed by atoms with Gasteiger partial charge in [0.25, 0.3) is 0 Å². The van der Waals surface area contributed by atoms with E-state index in [1.54, 1.807) is 0 Å². The van der Waals surface area contributed by atoms with Crippen LogP contribution in [0.15, 0.2) is 18.2 Å². The van der Waals surface area contributed by atoms with E-state index in [4.69, 9.17) is 22.1 Å². The van der Waals surface area contributed by atoms with Crippen molar-refractivity contribution in [2.24, 2.45) is 11.7 Å². The highest BCUT2D eigenvalue weighted by Crippen LogP contribution is 2.48. The van der Waals surface area contributed by atoms with Gasteiger partial charge in [-0.1, -0.05) is 24.9 Å². The van der Waals surface area contributed by atoms with Crippen molar-refractivity contribution in [2.45, 2.75) is 50.7 Å². The number of hydrogen-bond donors (Lipinski definition) is 1. The molecule has 98 valence electrons. The Morgan fingerprint density at radius 3 is 3.00 bits per heavy atom. The molecule has 1 heterocycles. The number of hydrogen-bond acceptors (Lipinski definition) is 2. The third kappa shape index (κ3) is 1.92. The van der Waals surface area contributed by atoms with E-state index in [-0.39, 0.29) is 11.6 Å². The maximum absolute atomic E-state index is 6.36. The van der Waals surface area contributed by atoms with Crippen molar-refractivity contribution < 1.29 is 4.74 Å². The Bertz CT molecular complexity index is 462. The molecule has 0 radical (unpaired) electrons. The summed E-state index contributed by atoms with van der Waals surface area (Å²) >= 11 is 6.04. The normalized spacial score (nSPS) is 35.1. The highest BCUT2D eigenvalue weighted by atomic mass is 35.5. The van der Waals surface area contributed by atoms with Gasteiger partial charge in [0.1, 0.15) is 11.4 Å². The van der Waals surface area contributed by atoms with Gasteiger partial charge < -0.3 is 10.5 Å². The Morgan fingerprint density at radius 1 is 1.39 bits per heavy atom. The Balaban J connectivity index is 1.98. The third-order valence-corrected chi connectivity index (χ3v) is 4.87. The van der Waals surface area contributed by atoms with Crippen LogP contribution in [-0.2, 0) is 0 Å². The molecule has 1 saturated carbocycles. The smallest absolute Gasteiger partial charge is 0.125 e. The van der Waals surface area contributed by atoms with E-state index in [0.29, 0.717) is 5.92 Å². The van der Waals surface area contributed by atoms with Crippen molar-refractivity contribution in [1.82, 2.24) is 0 Å². The lowest BCUT2D eigenvalue weighted by Crippen LogP contribution is -2.49. The predicted molar refractivity (Wildman–Crippen MR) is 74.0 cm³/mol. The fraction of sp³-hybridized carbons (Fsp3) is 0.600. The van der Waals surface area contributed by atoms with E-state index in [9.17, 15) is 0 Å². The molecule has 0 aromatic heterocycles. The molecule has 2 aliphatic rings. The van der Waals surface area contributed by atoms with Gasteiger partial charge in [-0.3, -0.25) is 0 Å². The van der Waals surface area contributed by atoms with Gasteiger partial charge in [-0.25, -0.2) is 0 Å². The second-order valence-corrected chi connectivity index (χ2v) is 6.24. The van der Waals surface area contributed by atoms with Crippen LogP contribution in [0.4, 0.5) is 0 Å². The SMILES string of the molecule is CC1CCCCC12C[C@H](N)c1cc(Cl)ccc1O2. The van der Waals surface area contributed by atoms with Crippen LogP contribution in [0.5, 0.6) is 5.75 Å². The van der Waals surface area contributed by atoms with Gasteiger partial charge in [-0.15, -0.1) is 0 Å². The van der Waals surface area contributed by atoms with Crippen LogP contribution in [0.2, 0.25) is 5.02 Å². The van der Waals surface area contributed by atoms with Crippen molar-refractivity contribution in [3.05, 3.63) is 28.8 Å². The lowest BCUT2D eigenvalue weighted by Gasteiger charge is -2.47. The largest absolute Gasteiger partial charge is 0.487 e. The van der Waals surface area contributed by atoms with Crippen molar-refractivity contribution in [3.63, 3.8) is 0 Å². The molecule has 3 rings (SSSR count). The average Bonchev–Trinajstić information content (AvgIpc) is 2.34. The zero-order valence-electron chi connectivity index (χ0n) is 10.8. The highest BCUT2D eigenvalue weighted by Gasteiger charge is 2.45. The first-order chi connectivity index (χ1) is 8.61. The van der Waals surface area contributed by atoms with Gasteiger partial charge in [0.15, 0.2) is 0 Å². The summed E-state index contributed by atoms with van der Waals surface area (Å²) in [6, 6.07) is 5.86. The van der Waals surface area contributed by atoms with Crippen molar-refractivity contribution in [2.75, 3.05) is 0 Å². The quantitative estimate of drug-likeness (QED) is 0.767. The molecule has 1 aromatic carbocycles. The highest BCUT2D eigenvalue weighted by molar-refractivity contribution is 6.30. The van der Waals surface area contributed by atoms with Crippen LogP contribution in [-0.4, -0.2) is 5.60 Å². The molecule has 18 heavy (non-hydrogen) atoms. The molecular weight excluding hydrogens is 246 g/mol. The molecule has 1 aliphatic carbocycles. The molecule has 0 amide bonds.